The average molecular weight is 186 g/mol. The van der Waals surface area contributed by atoms with Gasteiger partial charge in [0.1, 0.15) is 0 Å². The minimum atomic E-state index is 0.0350. The monoisotopic (exact) mass is 186 g/mol. The zero-order valence-electron chi connectivity index (χ0n) is 8.53. The summed E-state index contributed by atoms with van der Waals surface area (Å²) in [6.45, 7) is 5.47. The van der Waals surface area contributed by atoms with Crippen LogP contribution in [0.15, 0.2) is 0 Å². The van der Waals surface area contributed by atoms with Crippen LogP contribution in [0.5, 0.6) is 0 Å². The maximum Gasteiger partial charge on any atom is 0.320 e. The van der Waals surface area contributed by atoms with Gasteiger partial charge in [-0.05, 0) is 5.92 Å². The third-order valence-corrected chi connectivity index (χ3v) is 2.54. The van der Waals surface area contributed by atoms with Crippen molar-refractivity contribution in [3.8, 4) is 0 Å². The Balaban J connectivity index is 2.68. The summed E-state index contributed by atoms with van der Waals surface area (Å²) in [4.78, 5) is 15.0. The van der Waals surface area contributed by atoms with E-state index in [1.54, 1.807) is 16.8 Å². The molecule has 1 saturated heterocycles. The van der Waals surface area contributed by atoms with Crippen LogP contribution in [0, 0.1) is 5.92 Å². The fraction of sp³-hybridized carbons (Fsp3) is 0.889. The molecule has 0 bridgehead atoms. The zero-order chi connectivity index (χ0) is 10.0. The topological polar surface area (TPSA) is 43.8 Å². The summed E-state index contributed by atoms with van der Waals surface area (Å²) < 4.78 is 0. The molecule has 1 fully saturated rings. The van der Waals surface area contributed by atoms with E-state index in [-0.39, 0.29) is 18.7 Å². The number of urea groups is 1. The molecule has 1 rings (SSSR count). The molecular weight excluding hydrogens is 168 g/mol. The van der Waals surface area contributed by atoms with Crippen LogP contribution in [-0.4, -0.2) is 53.7 Å². The number of aliphatic hydroxyl groups excluding tert-OH is 1. The Labute approximate surface area is 79.1 Å². The Kier molecular flexibility index (Phi) is 3.14. The first-order valence-corrected chi connectivity index (χ1v) is 4.70. The van der Waals surface area contributed by atoms with Crippen molar-refractivity contribution in [2.75, 3.05) is 26.7 Å². The van der Waals surface area contributed by atoms with Gasteiger partial charge >= 0.3 is 6.03 Å². The average Bonchev–Trinajstić information content (AvgIpc) is 2.33. The molecule has 0 aliphatic carbocycles. The fourth-order valence-electron chi connectivity index (χ4n) is 1.76. The number of rotatable bonds is 3. The first-order valence-electron chi connectivity index (χ1n) is 4.70. The van der Waals surface area contributed by atoms with Gasteiger partial charge in [-0.2, -0.15) is 0 Å². The van der Waals surface area contributed by atoms with E-state index in [0.717, 1.165) is 6.54 Å². The van der Waals surface area contributed by atoms with Crippen LogP contribution < -0.4 is 0 Å². The molecule has 0 aromatic rings. The summed E-state index contributed by atoms with van der Waals surface area (Å²) in [5.41, 5.74) is 0. The largest absolute Gasteiger partial charge is 0.395 e. The Morgan fingerprint density at radius 2 is 2.23 bits per heavy atom. The lowest BCUT2D eigenvalue weighted by molar-refractivity contribution is 0.160. The standard InChI is InChI=1S/C9H18N2O2/c1-7(2)8-6-10(3)9(13)11(8)4-5-12/h7-8,12H,4-6H2,1-3H3. The Morgan fingerprint density at radius 1 is 1.62 bits per heavy atom. The highest BCUT2D eigenvalue weighted by atomic mass is 16.3. The van der Waals surface area contributed by atoms with Gasteiger partial charge in [0.2, 0.25) is 0 Å². The van der Waals surface area contributed by atoms with Crippen LogP contribution in [0.2, 0.25) is 0 Å². The van der Waals surface area contributed by atoms with Crippen molar-refractivity contribution >= 4 is 6.03 Å². The Hall–Kier alpha value is -0.770. The zero-order valence-corrected chi connectivity index (χ0v) is 8.53. The predicted molar refractivity (Wildman–Crippen MR) is 50.4 cm³/mol. The molecule has 0 aromatic heterocycles. The third kappa shape index (κ3) is 1.94. The normalized spacial score (nSPS) is 23.5. The molecule has 1 aliphatic heterocycles. The van der Waals surface area contributed by atoms with Crippen LogP contribution in [0.4, 0.5) is 4.79 Å². The number of likely N-dealkylation sites (N-methyl/N-ethyl adjacent to an activating group) is 1. The smallest absolute Gasteiger partial charge is 0.320 e. The summed E-state index contributed by atoms with van der Waals surface area (Å²) in [5.74, 6) is 0.445. The number of amides is 2. The highest BCUT2D eigenvalue weighted by Crippen LogP contribution is 2.19. The quantitative estimate of drug-likeness (QED) is 0.692. The van der Waals surface area contributed by atoms with Gasteiger partial charge < -0.3 is 14.9 Å². The highest BCUT2D eigenvalue weighted by molar-refractivity contribution is 5.76. The van der Waals surface area contributed by atoms with E-state index >= 15 is 0 Å². The van der Waals surface area contributed by atoms with Crippen molar-refractivity contribution in [1.29, 1.82) is 0 Å². The molecule has 0 saturated carbocycles. The van der Waals surface area contributed by atoms with Gasteiger partial charge in [-0.15, -0.1) is 0 Å². The first kappa shape index (κ1) is 10.3. The van der Waals surface area contributed by atoms with Crippen LogP contribution in [0.25, 0.3) is 0 Å². The number of nitrogens with zero attached hydrogens (tertiary/aromatic N) is 2. The third-order valence-electron chi connectivity index (χ3n) is 2.54. The minimum Gasteiger partial charge on any atom is -0.395 e. The lowest BCUT2D eigenvalue weighted by atomic mass is 10.0. The van der Waals surface area contributed by atoms with Gasteiger partial charge in [0.15, 0.2) is 0 Å². The van der Waals surface area contributed by atoms with Crippen molar-refractivity contribution < 1.29 is 9.90 Å². The van der Waals surface area contributed by atoms with Crippen molar-refractivity contribution in [3.63, 3.8) is 0 Å². The molecule has 0 radical (unpaired) electrons. The van der Waals surface area contributed by atoms with Gasteiger partial charge in [0.25, 0.3) is 0 Å². The molecule has 1 aliphatic rings. The number of hydrogen-bond donors (Lipinski definition) is 1. The molecule has 0 spiro atoms. The number of β-amino-alcohol motifs (C(OH)–C–C–N with tert-alkyl or cyclic N) is 1. The molecule has 13 heavy (non-hydrogen) atoms. The lowest BCUT2D eigenvalue weighted by Gasteiger charge is -2.24. The van der Waals surface area contributed by atoms with E-state index in [1.807, 2.05) is 0 Å². The van der Waals surface area contributed by atoms with Gasteiger partial charge in [-0.3, -0.25) is 0 Å². The second kappa shape index (κ2) is 3.96. The Morgan fingerprint density at radius 3 is 2.69 bits per heavy atom. The SMILES string of the molecule is CC(C)C1CN(C)C(=O)N1CCO. The Bertz CT molecular complexity index is 194. The summed E-state index contributed by atoms with van der Waals surface area (Å²) in [5, 5.41) is 8.82. The van der Waals surface area contributed by atoms with Crippen LogP contribution >= 0.6 is 0 Å². The maximum absolute atomic E-state index is 11.6. The van der Waals surface area contributed by atoms with E-state index in [4.69, 9.17) is 5.11 Å². The summed E-state index contributed by atoms with van der Waals surface area (Å²) in [7, 11) is 1.80. The maximum atomic E-state index is 11.6. The number of hydrogen-bond acceptors (Lipinski definition) is 2. The van der Waals surface area contributed by atoms with Gasteiger partial charge in [0.05, 0.1) is 12.6 Å². The molecule has 1 heterocycles. The van der Waals surface area contributed by atoms with Gasteiger partial charge in [-0.1, -0.05) is 13.8 Å². The summed E-state index contributed by atoms with van der Waals surface area (Å²) in [6.07, 6.45) is 0. The molecule has 1 atom stereocenters. The van der Waals surface area contributed by atoms with Gasteiger partial charge in [0, 0.05) is 20.1 Å². The van der Waals surface area contributed by atoms with Crippen LogP contribution in [-0.2, 0) is 0 Å². The van der Waals surface area contributed by atoms with Crippen LogP contribution in [0.1, 0.15) is 13.8 Å². The number of aliphatic hydroxyl groups is 1. The molecule has 1 N–H and O–H groups in total. The molecule has 76 valence electrons. The number of carbonyl (C=O) groups is 1. The van der Waals surface area contributed by atoms with E-state index in [9.17, 15) is 4.79 Å². The van der Waals surface area contributed by atoms with E-state index in [2.05, 4.69) is 13.8 Å². The van der Waals surface area contributed by atoms with Crippen molar-refractivity contribution in [3.05, 3.63) is 0 Å². The van der Waals surface area contributed by atoms with Gasteiger partial charge in [-0.25, -0.2) is 4.79 Å². The predicted octanol–water partition coefficient (Wildman–Crippen LogP) is 0.371. The second-order valence-electron chi connectivity index (χ2n) is 3.89. The molecule has 0 aromatic carbocycles. The second-order valence-corrected chi connectivity index (χ2v) is 3.89. The molecular formula is C9H18N2O2. The van der Waals surface area contributed by atoms with E-state index in [0.29, 0.717) is 12.5 Å². The summed E-state index contributed by atoms with van der Waals surface area (Å²) in [6, 6.07) is 0.289. The van der Waals surface area contributed by atoms with E-state index < -0.39 is 0 Å². The number of carbonyl (C=O) groups excluding carboxylic acids is 1. The highest BCUT2D eigenvalue weighted by Gasteiger charge is 2.35. The molecule has 1 unspecified atom stereocenters. The van der Waals surface area contributed by atoms with Crippen molar-refractivity contribution in [2.24, 2.45) is 5.92 Å². The van der Waals surface area contributed by atoms with E-state index in [1.165, 1.54) is 0 Å². The minimum absolute atomic E-state index is 0.0350. The van der Waals surface area contributed by atoms with Crippen LogP contribution in [0.3, 0.4) is 0 Å². The summed E-state index contributed by atoms with van der Waals surface area (Å²) >= 11 is 0. The van der Waals surface area contributed by atoms with Crippen molar-refractivity contribution in [2.45, 2.75) is 19.9 Å². The molecule has 4 nitrogen and oxygen atoms in total. The molecule has 2 amide bonds. The molecule has 4 heteroatoms. The first-order chi connectivity index (χ1) is 6.07. The van der Waals surface area contributed by atoms with Crippen molar-refractivity contribution in [1.82, 2.24) is 9.80 Å². The lowest BCUT2D eigenvalue weighted by Crippen LogP contribution is -2.39. The fourth-order valence-corrected chi connectivity index (χ4v) is 1.76.